The van der Waals surface area contributed by atoms with Crippen molar-refractivity contribution < 1.29 is 9.53 Å². The molecule has 0 bridgehead atoms. The molecule has 2 rings (SSSR count). The van der Waals surface area contributed by atoms with Gasteiger partial charge < -0.3 is 4.74 Å². The summed E-state index contributed by atoms with van der Waals surface area (Å²) in [6, 6.07) is 1.44. The number of nitrogens with zero attached hydrogens (tertiary/aromatic N) is 1. The van der Waals surface area contributed by atoms with E-state index in [1.165, 1.54) is 6.07 Å². The lowest BCUT2D eigenvalue weighted by atomic mass is 10.3. The van der Waals surface area contributed by atoms with Gasteiger partial charge in [-0.2, -0.15) is 2.78 Å². The van der Waals surface area contributed by atoms with Crippen molar-refractivity contribution in [3.05, 3.63) is 31.8 Å². The van der Waals surface area contributed by atoms with Crippen LogP contribution in [0.15, 0.2) is 15.7 Å². The second-order valence-corrected chi connectivity index (χ2v) is 5.11. The van der Waals surface area contributed by atoms with Gasteiger partial charge in [-0.15, -0.1) is 11.3 Å². The maximum atomic E-state index is 11.7. The Morgan fingerprint density at radius 1 is 1.59 bits per heavy atom. The molecule has 0 radical (unpaired) electrons. The molecule has 0 saturated carbocycles. The van der Waals surface area contributed by atoms with E-state index in [0.29, 0.717) is 15.1 Å². The molecule has 6 nitrogen and oxygen atoms in total. The number of halogens is 1. The topological polar surface area (TPSA) is 81.2 Å². The molecular weight excluding hydrogens is 359 g/mol. The first-order chi connectivity index (χ1) is 8.04. The SMILES string of the molecule is CCOC(=O)c1cc2c(=O)n(I)c(=O)[nH]c2s1. The highest BCUT2D eigenvalue weighted by Crippen LogP contribution is 2.21. The number of H-pyrrole nitrogens is 1. The van der Waals surface area contributed by atoms with Crippen LogP contribution in [0.4, 0.5) is 0 Å². The summed E-state index contributed by atoms with van der Waals surface area (Å²) in [6.45, 7) is 1.96. The van der Waals surface area contributed by atoms with Crippen LogP contribution in [0.2, 0.25) is 0 Å². The average Bonchev–Trinajstić information content (AvgIpc) is 2.70. The highest BCUT2D eigenvalue weighted by molar-refractivity contribution is 14.1. The zero-order chi connectivity index (χ0) is 12.6. The first kappa shape index (κ1) is 12.3. The zero-order valence-electron chi connectivity index (χ0n) is 8.65. The maximum Gasteiger partial charge on any atom is 0.348 e. The van der Waals surface area contributed by atoms with Gasteiger partial charge in [-0.25, -0.2) is 9.59 Å². The van der Waals surface area contributed by atoms with E-state index in [1.807, 2.05) is 0 Å². The Hall–Kier alpha value is -1.16. The number of fused-ring (bicyclic) bond motifs is 1. The number of carbonyl (C=O) groups excluding carboxylic acids is 1. The van der Waals surface area contributed by atoms with Crippen molar-refractivity contribution in [1.82, 2.24) is 7.76 Å². The van der Waals surface area contributed by atoms with Crippen LogP contribution in [0.25, 0.3) is 10.2 Å². The van der Waals surface area contributed by atoms with E-state index >= 15 is 0 Å². The van der Waals surface area contributed by atoms with Crippen molar-refractivity contribution in [2.45, 2.75) is 6.92 Å². The molecule has 0 spiro atoms. The fourth-order valence-corrected chi connectivity index (χ4v) is 2.60. The lowest BCUT2D eigenvalue weighted by molar-refractivity contribution is 0.0532. The van der Waals surface area contributed by atoms with Crippen molar-refractivity contribution in [1.29, 1.82) is 0 Å². The van der Waals surface area contributed by atoms with Gasteiger partial charge >= 0.3 is 11.7 Å². The number of ether oxygens (including phenoxy) is 1. The second-order valence-electron chi connectivity index (χ2n) is 3.09. The molecule has 0 aliphatic heterocycles. The van der Waals surface area contributed by atoms with Crippen LogP contribution in [-0.2, 0) is 4.74 Å². The third kappa shape index (κ3) is 2.14. The third-order valence-corrected chi connectivity index (χ3v) is 3.92. The number of thiophene rings is 1. The lowest BCUT2D eigenvalue weighted by Crippen LogP contribution is -2.27. The van der Waals surface area contributed by atoms with E-state index in [1.54, 1.807) is 29.8 Å². The Morgan fingerprint density at radius 2 is 2.29 bits per heavy atom. The average molecular weight is 366 g/mol. The van der Waals surface area contributed by atoms with Crippen LogP contribution in [0.3, 0.4) is 0 Å². The molecule has 8 heteroatoms. The number of nitrogens with one attached hydrogen (secondary N) is 1. The van der Waals surface area contributed by atoms with Crippen molar-refractivity contribution in [2.24, 2.45) is 0 Å². The molecule has 0 unspecified atom stereocenters. The molecule has 0 aliphatic carbocycles. The van der Waals surface area contributed by atoms with Gasteiger partial charge in [-0.1, -0.05) is 0 Å². The van der Waals surface area contributed by atoms with Crippen molar-refractivity contribution >= 4 is 50.4 Å². The molecule has 0 atom stereocenters. The smallest absolute Gasteiger partial charge is 0.348 e. The number of hydrogen-bond acceptors (Lipinski definition) is 5. The van der Waals surface area contributed by atoms with E-state index in [0.717, 1.165) is 14.1 Å². The Kier molecular flexibility index (Phi) is 3.33. The highest BCUT2D eigenvalue weighted by atomic mass is 127. The van der Waals surface area contributed by atoms with Gasteiger partial charge in [0.05, 0.1) is 34.9 Å². The quantitative estimate of drug-likeness (QED) is 0.638. The van der Waals surface area contributed by atoms with Gasteiger partial charge in [0.2, 0.25) is 0 Å². The van der Waals surface area contributed by atoms with E-state index < -0.39 is 17.2 Å². The summed E-state index contributed by atoms with van der Waals surface area (Å²) in [5.74, 6) is -0.492. The van der Waals surface area contributed by atoms with Gasteiger partial charge in [0, 0.05) is 0 Å². The Labute approximate surface area is 113 Å². The van der Waals surface area contributed by atoms with Crippen molar-refractivity contribution in [3.63, 3.8) is 0 Å². The molecule has 0 aliphatic rings. The van der Waals surface area contributed by atoms with Crippen LogP contribution >= 0.6 is 34.2 Å². The Balaban J connectivity index is 2.67. The van der Waals surface area contributed by atoms with Gasteiger partial charge in [0.15, 0.2) is 0 Å². The van der Waals surface area contributed by atoms with E-state index in [-0.39, 0.29) is 6.61 Å². The molecule has 17 heavy (non-hydrogen) atoms. The van der Waals surface area contributed by atoms with E-state index in [9.17, 15) is 14.4 Å². The van der Waals surface area contributed by atoms with Gasteiger partial charge in [0.1, 0.15) is 9.71 Å². The predicted octanol–water partition coefficient (Wildman–Crippen LogP) is 1.13. The molecule has 0 amide bonds. The van der Waals surface area contributed by atoms with Gasteiger partial charge in [-0.05, 0) is 13.0 Å². The molecule has 90 valence electrons. The van der Waals surface area contributed by atoms with Crippen LogP contribution in [0.5, 0.6) is 0 Å². The molecule has 2 aromatic rings. The Morgan fingerprint density at radius 3 is 2.94 bits per heavy atom. The Bertz CT molecular complexity index is 699. The minimum atomic E-state index is -0.514. The summed E-state index contributed by atoms with van der Waals surface area (Å²) in [5.41, 5.74) is -0.948. The van der Waals surface area contributed by atoms with Crippen LogP contribution < -0.4 is 11.2 Å². The predicted molar refractivity (Wildman–Crippen MR) is 72.1 cm³/mol. The van der Waals surface area contributed by atoms with Gasteiger partial charge in [0.25, 0.3) is 5.56 Å². The van der Waals surface area contributed by atoms with Gasteiger partial charge in [-0.3, -0.25) is 9.78 Å². The fraction of sp³-hybridized carbons (Fsp3) is 0.222. The van der Waals surface area contributed by atoms with Crippen LogP contribution in [0, 0.1) is 0 Å². The summed E-state index contributed by atoms with van der Waals surface area (Å²) in [7, 11) is 0. The molecule has 0 aromatic carbocycles. The minimum absolute atomic E-state index is 0.264. The van der Waals surface area contributed by atoms with Crippen molar-refractivity contribution in [2.75, 3.05) is 6.61 Å². The number of aromatic nitrogens is 2. The third-order valence-electron chi connectivity index (χ3n) is 2.02. The molecule has 1 N–H and O–H groups in total. The summed E-state index contributed by atoms with van der Waals surface area (Å²) in [6.07, 6.45) is 0. The highest BCUT2D eigenvalue weighted by Gasteiger charge is 2.15. The molecular formula is C9H7IN2O4S. The maximum absolute atomic E-state index is 11.7. The lowest BCUT2D eigenvalue weighted by Gasteiger charge is -1.95. The summed E-state index contributed by atoms with van der Waals surface area (Å²) < 4.78 is 5.76. The summed E-state index contributed by atoms with van der Waals surface area (Å²) in [5, 5.41) is 0.312. The normalized spacial score (nSPS) is 10.7. The first-order valence-electron chi connectivity index (χ1n) is 4.66. The number of rotatable bonds is 2. The second kappa shape index (κ2) is 4.61. The fourth-order valence-electron chi connectivity index (χ4n) is 1.29. The minimum Gasteiger partial charge on any atom is -0.462 e. The van der Waals surface area contributed by atoms with Crippen LogP contribution in [-0.4, -0.2) is 20.3 Å². The van der Waals surface area contributed by atoms with E-state index in [4.69, 9.17) is 4.74 Å². The number of carbonyl (C=O) groups is 1. The molecule has 2 heterocycles. The number of esters is 1. The number of aromatic amines is 1. The summed E-state index contributed by atoms with van der Waals surface area (Å²) >= 11 is 2.64. The number of hydrogen-bond donors (Lipinski definition) is 1. The zero-order valence-corrected chi connectivity index (χ0v) is 11.6. The first-order valence-corrected chi connectivity index (χ1v) is 6.45. The standard InChI is InChI=1S/C9H7IN2O4S/c1-2-16-8(14)5-3-4-6(17-5)11-9(15)12(10)7(4)13/h3H,2H2,1H3,(H,11,15). The monoisotopic (exact) mass is 366 g/mol. The van der Waals surface area contributed by atoms with E-state index in [2.05, 4.69) is 4.98 Å². The molecule has 0 saturated heterocycles. The summed E-state index contributed by atoms with van der Waals surface area (Å²) in [4.78, 5) is 37.8. The largest absolute Gasteiger partial charge is 0.462 e. The van der Waals surface area contributed by atoms with Crippen LogP contribution in [0.1, 0.15) is 16.6 Å². The molecule has 2 aromatic heterocycles. The van der Waals surface area contributed by atoms with Crippen molar-refractivity contribution in [3.8, 4) is 0 Å². The molecule has 0 fully saturated rings.